The number of carbonyl (C=O) groups is 1. The van der Waals surface area contributed by atoms with Crippen molar-refractivity contribution >= 4 is 28.4 Å². The molecule has 1 aromatic carbocycles. The minimum atomic E-state index is 0.185. The topological polar surface area (TPSA) is 34.9 Å². The van der Waals surface area contributed by atoms with Gasteiger partial charge in [0.25, 0.3) is 0 Å². The zero-order valence-electron chi connectivity index (χ0n) is 9.33. The van der Waals surface area contributed by atoms with Gasteiger partial charge in [-0.05, 0) is 25.1 Å². The summed E-state index contributed by atoms with van der Waals surface area (Å²) >= 11 is 5.93. The van der Waals surface area contributed by atoms with E-state index in [1.54, 1.807) is 6.92 Å². The molecule has 0 spiro atoms. The number of carbonyl (C=O) groups excluding carboxylic acids is 1. The number of imidazole rings is 1. The molecule has 2 rings (SSSR count). The van der Waals surface area contributed by atoms with Gasteiger partial charge in [-0.15, -0.1) is 0 Å². The second-order valence-corrected chi connectivity index (χ2v) is 4.36. The van der Waals surface area contributed by atoms with Crippen LogP contribution in [0.3, 0.4) is 0 Å². The highest BCUT2D eigenvalue weighted by Gasteiger charge is 2.08. The Labute approximate surface area is 99.0 Å². The second kappa shape index (κ2) is 4.26. The number of fused-ring (bicyclic) bond motifs is 1. The summed E-state index contributed by atoms with van der Waals surface area (Å²) in [4.78, 5) is 15.4. The van der Waals surface area contributed by atoms with Crippen LogP contribution >= 0.6 is 11.6 Å². The summed E-state index contributed by atoms with van der Waals surface area (Å²) in [5.41, 5.74) is 1.93. The van der Waals surface area contributed by atoms with Crippen LogP contribution in [0, 0.1) is 0 Å². The molecule has 1 heterocycles. The summed E-state index contributed by atoms with van der Waals surface area (Å²) in [6.07, 6.45) is 1.21. The Morgan fingerprint density at radius 2 is 2.25 bits per heavy atom. The van der Waals surface area contributed by atoms with E-state index in [1.165, 1.54) is 0 Å². The van der Waals surface area contributed by atoms with Crippen molar-refractivity contribution < 1.29 is 4.79 Å². The fourth-order valence-corrected chi connectivity index (χ4v) is 1.89. The van der Waals surface area contributed by atoms with Crippen molar-refractivity contribution in [3.05, 3.63) is 29.0 Å². The molecule has 0 N–H and O–H groups in total. The van der Waals surface area contributed by atoms with Gasteiger partial charge < -0.3 is 9.36 Å². The molecule has 0 amide bonds. The summed E-state index contributed by atoms with van der Waals surface area (Å²) in [5, 5.41) is 0.702. The lowest BCUT2D eigenvalue weighted by atomic mass is 10.2. The average Bonchev–Trinajstić information content (AvgIpc) is 2.53. The van der Waals surface area contributed by atoms with Crippen molar-refractivity contribution in [1.82, 2.24) is 9.55 Å². The molecule has 16 heavy (non-hydrogen) atoms. The zero-order chi connectivity index (χ0) is 11.7. The zero-order valence-corrected chi connectivity index (χ0v) is 10.1. The summed E-state index contributed by atoms with van der Waals surface area (Å²) in [7, 11) is 1.95. The lowest BCUT2D eigenvalue weighted by molar-refractivity contribution is -0.117. The number of nitrogens with zero attached hydrogens (tertiary/aromatic N) is 2. The third kappa shape index (κ3) is 2.09. The highest BCUT2D eigenvalue weighted by Crippen LogP contribution is 2.20. The van der Waals surface area contributed by atoms with Crippen LogP contribution in [-0.4, -0.2) is 15.3 Å². The van der Waals surface area contributed by atoms with Gasteiger partial charge >= 0.3 is 0 Å². The molecule has 1 aromatic heterocycles. The summed E-state index contributed by atoms with van der Waals surface area (Å²) in [6.45, 7) is 1.60. The van der Waals surface area contributed by atoms with Crippen LogP contribution in [0.2, 0.25) is 5.02 Å². The first-order valence-corrected chi connectivity index (χ1v) is 5.56. The van der Waals surface area contributed by atoms with E-state index in [1.807, 2.05) is 29.8 Å². The van der Waals surface area contributed by atoms with Crippen LogP contribution in [-0.2, 0) is 18.3 Å². The van der Waals surface area contributed by atoms with Crippen molar-refractivity contribution in [3.8, 4) is 0 Å². The van der Waals surface area contributed by atoms with Crippen LogP contribution in [0.15, 0.2) is 18.2 Å². The maximum absolute atomic E-state index is 10.9. The van der Waals surface area contributed by atoms with Crippen LogP contribution in [0.5, 0.6) is 0 Å². The predicted octanol–water partition coefficient (Wildman–Crippen LogP) is 2.75. The van der Waals surface area contributed by atoms with E-state index in [9.17, 15) is 4.79 Å². The number of ketones is 1. The van der Waals surface area contributed by atoms with Crippen LogP contribution in [0.1, 0.15) is 19.2 Å². The monoisotopic (exact) mass is 236 g/mol. The number of benzene rings is 1. The largest absolute Gasteiger partial charge is 0.331 e. The lowest BCUT2D eigenvalue weighted by Gasteiger charge is -2.00. The van der Waals surface area contributed by atoms with Crippen molar-refractivity contribution in [3.63, 3.8) is 0 Å². The number of aryl methyl sites for hydroxylation is 2. The molecule has 3 nitrogen and oxygen atoms in total. The standard InChI is InChI=1S/C12H13ClN2O/c1-8(16)3-6-12-14-10-5-4-9(13)7-11(10)15(12)2/h4-5,7H,3,6H2,1-2H3. The Bertz CT molecular complexity index is 545. The third-order valence-corrected chi connectivity index (χ3v) is 2.87. The molecule has 0 aliphatic rings. The van der Waals surface area contributed by atoms with E-state index in [-0.39, 0.29) is 5.78 Å². The molecule has 2 aromatic rings. The molecule has 0 unspecified atom stereocenters. The molecule has 0 bridgehead atoms. The minimum Gasteiger partial charge on any atom is -0.331 e. The Morgan fingerprint density at radius 1 is 1.50 bits per heavy atom. The van der Waals surface area contributed by atoms with Crippen molar-refractivity contribution in [2.24, 2.45) is 7.05 Å². The Kier molecular flexibility index (Phi) is 2.97. The highest BCUT2D eigenvalue weighted by molar-refractivity contribution is 6.31. The number of rotatable bonds is 3. The Balaban J connectivity index is 2.40. The van der Waals surface area contributed by atoms with Gasteiger partial charge in [0.05, 0.1) is 11.0 Å². The highest BCUT2D eigenvalue weighted by atomic mass is 35.5. The first-order chi connectivity index (χ1) is 7.58. The molecule has 0 saturated heterocycles. The maximum Gasteiger partial charge on any atom is 0.130 e. The predicted molar refractivity (Wildman–Crippen MR) is 64.7 cm³/mol. The van der Waals surface area contributed by atoms with Gasteiger partial charge in [-0.2, -0.15) is 0 Å². The van der Waals surface area contributed by atoms with Crippen LogP contribution in [0.4, 0.5) is 0 Å². The van der Waals surface area contributed by atoms with Crippen molar-refractivity contribution in [2.75, 3.05) is 0 Å². The molecule has 4 heteroatoms. The van der Waals surface area contributed by atoms with Crippen molar-refractivity contribution in [1.29, 1.82) is 0 Å². The van der Waals surface area contributed by atoms with Gasteiger partial charge in [0, 0.05) is 24.9 Å². The first-order valence-electron chi connectivity index (χ1n) is 5.18. The summed E-state index contributed by atoms with van der Waals surface area (Å²) in [6, 6.07) is 5.61. The van der Waals surface area contributed by atoms with Crippen LogP contribution < -0.4 is 0 Å². The van der Waals surface area contributed by atoms with Gasteiger partial charge in [-0.3, -0.25) is 0 Å². The van der Waals surface area contributed by atoms with E-state index in [0.717, 1.165) is 16.9 Å². The maximum atomic E-state index is 10.9. The van der Waals surface area contributed by atoms with E-state index in [0.29, 0.717) is 17.9 Å². The quantitative estimate of drug-likeness (QED) is 0.822. The SMILES string of the molecule is CC(=O)CCc1nc2ccc(Cl)cc2n1C. The average molecular weight is 237 g/mol. The van der Waals surface area contributed by atoms with Crippen molar-refractivity contribution in [2.45, 2.75) is 19.8 Å². The minimum absolute atomic E-state index is 0.185. The van der Waals surface area contributed by atoms with Gasteiger partial charge in [0.2, 0.25) is 0 Å². The fraction of sp³-hybridized carbons (Fsp3) is 0.333. The molecule has 0 fully saturated rings. The number of aromatic nitrogens is 2. The number of hydrogen-bond acceptors (Lipinski definition) is 2. The summed E-state index contributed by atoms with van der Waals surface area (Å²) in [5.74, 6) is 1.11. The number of hydrogen-bond donors (Lipinski definition) is 0. The lowest BCUT2D eigenvalue weighted by Crippen LogP contribution is -2.01. The van der Waals surface area contributed by atoms with E-state index in [2.05, 4.69) is 4.98 Å². The second-order valence-electron chi connectivity index (χ2n) is 3.92. The van der Waals surface area contributed by atoms with E-state index < -0.39 is 0 Å². The van der Waals surface area contributed by atoms with Gasteiger partial charge in [-0.1, -0.05) is 11.6 Å². The van der Waals surface area contributed by atoms with Gasteiger partial charge in [0.1, 0.15) is 11.6 Å². The molecule has 0 radical (unpaired) electrons. The molecule has 84 valence electrons. The molecule has 0 aliphatic heterocycles. The third-order valence-electron chi connectivity index (χ3n) is 2.64. The number of halogens is 1. The van der Waals surface area contributed by atoms with E-state index in [4.69, 9.17) is 11.6 Å². The Hall–Kier alpha value is -1.35. The fourth-order valence-electron chi connectivity index (χ4n) is 1.72. The van der Waals surface area contributed by atoms with Crippen LogP contribution in [0.25, 0.3) is 11.0 Å². The van der Waals surface area contributed by atoms with E-state index >= 15 is 0 Å². The Morgan fingerprint density at radius 3 is 2.94 bits per heavy atom. The smallest absolute Gasteiger partial charge is 0.130 e. The van der Waals surface area contributed by atoms with Gasteiger partial charge in [-0.25, -0.2) is 4.98 Å². The summed E-state index contributed by atoms with van der Waals surface area (Å²) < 4.78 is 1.99. The number of Topliss-reactive ketones (excluding diaryl/α,β-unsaturated/α-hetero) is 1. The molecular formula is C12H13ClN2O. The first kappa shape index (κ1) is 11.1. The molecule has 0 aliphatic carbocycles. The molecular weight excluding hydrogens is 224 g/mol. The molecule has 0 atom stereocenters. The normalized spacial score (nSPS) is 10.9. The van der Waals surface area contributed by atoms with Gasteiger partial charge in [0.15, 0.2) is 0 Å². The molecule has 0 saturated carbocycles.